The van der Waals surface area contributed by atoms with E-state index in [1.807, 2.05) is 0 Å². The Hall–Kier alpha value is 0.992. The fourth-order valence-electron chi connectivity index (χ4n) is 0.214. The van der Waals surface area contributed by atoms with E-state index >= 15 is 0 Å². The molecule has 0 saturated heterocycles. The second-order valence-corrected chi connectivity index (χ2v) is 1.29. The van der Waals surface area contributed by atoms with Gasteiger partial charge in [0, 0.05) is 0 Å². The van der Waals surface area contributed by atoms with Crippen LogP contribution in [-0.4, -0.2) is 91.0 Å². The molecule has 0 radical (unpaired) electrons. The molecule has 0 aromatic rings. The minimum atomic E-state index is -1.08. The SMILES string of the molecule is O=C(O)CCC(=O)O.[CsH]. The molecule has 4 nitrogen and oxygen atoms in total. The average molecular weight is 252 g/mol. The molecule has 0 unspecified atom stereocenters. The van der Waals surface area contributed by atoms with Crippen LogP contribution in [0.1, 0.15) is 12.8 Å². The molecule has 0 rings (SSSR count). The van der Waals surface area contributed by atoms with E-state index in [0.717, 1.165) is 0 Å². The van der Waals surface area contributed by atoms with Crippen LogP contribution in [0.3, 0.4) is 0 Å². The third-order valence-electron chi connectivity index (χ3n) is 0.553. The number of hydrogen-bond acceptors (Lipinski definition) is 2. The Morgan fingerprint density at radius 1 is 1.00 bits per heavy atom. The maximum atomic E-state index is 9.64. The van der Waals surface area contributed by atoms with Gasteiger partial charge in [-0.3, -0.25) is 9.59 Å². The maximum absolute atomic E-state index is 9.64. The van der Waals surface area contributed by atoms with Gasteiger partial charge in [-0.25, -0.2) is 0 Å². The van der Waals surface area contributed by atoms with Crippen LogP contribution in [0.4, 0.5) is 0 Å². The van der Waals surface area contributed by atoms with E-state index in [1.54, 1.807) is 0 Å². The summed E-state index contributed by atoms with van der Waals surface area (Å²) in [6.45, 7) is 0. The monoisotopic (exact) mass is 252 g/mol. The van der Waals surface area contributed by atoms with Crippen molar-refractivity contribution in [1.82, 2.24) is 0 Å². The predicted molar refractivity (Wildman–Crippen MR) is 31.7 cm³/mol. The van der Waals surface area contributed by atoms with Crippen molar-refractivity contribution in [2.24, 2.45) is 0 Å². The van der Waals surface area contributed by atoms with Crippen molar-refractivity contribution in [3.63, 3.8) is 0 Å². The van der Waals surface area contributed by atoms with Gasteiger partial charge >= 0.3 is 80.8 Å². The van der Waals surface area contributed by atoms with Crippen LogP contribution in [0.2, 0.25) is 0 Å². The van der Waals surface area contributed by atoms with Gasteiger partial charge in [-0.05, 0) is 0 Å². The number of hydrogen-bond donors (Lipinski definition) is 2. The standard InChI is InChI=1S/C4H6O4.Cs.H/c5-3(6)1-2-4(7)8;;/h1-2H2,(H,5,6)(H,7,8);;. The van der Waals surface area contributed by atoms with Gasteiger partial charge in [0.2, 0.25) is 0 Å². The molecule has 0 bridgehead atoms. The zero-order chi connectivity index (χ0) is 6.57. The third-order valence-corrected chi connectivity index (χ3v) is 0.553. The molecule has 5 heteroatoms. The van der Waals surface area contributed by atoms with Crippen LogP contribution in [-0.2, 0) is 9.59 Å². The van der Waals surface area contributed by atoms with Crippen LogP contribution in [0.15, 0.2) is 0 Å². The molecule has 0 amide bonds. The van der Waals surface area contributed by atoms with Gasteiger partial charge in [0.15, 0.2) is 0 Å². The van der Waals surface area contributed by atoms with E-state index in [4.69, 9.17) is 10.2 Å². The Morgan fingerprint density at radius 3 is 1.33 bits per heavy atom. The molecule has 0 aromatic heterocycles. The van der Waals surface area contributed by atoms with Crippen molar-refractivity contribution in [3.05, 3.63) is 0 Å². The summed E-state index contributed by atoms with van der Waals surface area (Å²) in [6, 6.07) is 0. The fourth-order valence-corrected chi connectivity index (χ4v) is 0.214. The Bertz CT molecular complexity index is 97.1. The molecule has 0 aliphatic carbocycles. The molecule has 9 heavy (non-hydrogen) atoms. The van der Waals surface area contributed by atoms with E-state index in [2.05, 4.69) is 0 Å². The van der Waals surface area contributed by atoms with Crippen LogP contribution in [0.25, 0.3) is 0 Å². The fraction of sp³-hybridized carbons (Fsp3) is 0.500. The first-order chi connectivity index (χ1) is 3.63. The zero-order valence-electron chi connectivity index (χ0n) is 4.13. The normalized spacial score (nSPS) is 7.56. The molecule has 0 fully saturated rings. The van der Waals surface area contributed by atoms with Gasteiger partial charge in [0.1, 0.15) is 0 Å². The van der Waals surface area contributed by atoms with E-state index in [9.17, 15) is 9.59 Å². The Morgan fingerprint density at radius 2 is 1.22 bits per heavy atom. The van der Waals surface area contributed by atoms with Crippen LogP contribution < -0.4 is 0 Å². The summed E-state index contributed by atoms with van der Waals surface area (Å²) in [7, 11) is 0. The van der Waals surface area contributed by atoms with Crippen molar-refractivity contribution in [3.8, 4) is 0 Å². The van der Waals surface area contributed by atoms with Gasteiger partial charge in [-0.2, -0.15) is 0 Å². The average Bonchev–Trinajstić information content (AvgIpc) is 1.61. The molecule has 0 spiro atoms. The molecular formula is C4H7CsO4. The second kappa shape index (κ2) is 7.10. The van der Waals surface area contributed by atoms with Crippen molar-refractivity contribution >= 4 is 80.8 Å². The van der Waals surface area contributed by atoms with Crippen molar-refractivity contribution < 1.29 is 19.8 Å². The Kier molecular flexibility index (Phi) is 9.98. The van der Waals surface area contributed by atoms with Crippen LogP contribution in [0.5, 0.6) is 0 Å². The molecule has 0 saturated carbocycles. The predicted octanol–water partition coefficient (Wildman–Crippen LogP) is -0.713. The summed E-state index contributed by atoms with van der Waals surface area (Å²) in [5.41, 5.74) is 0. The van der Waals surface area contributed by atoms with Gasteiger partial charge in [0.25, 0.3) is 0 Å². The molecule has 2 N–H and O–H groups in total. The van der Waals surface area contributed by atoms with E-state index in [0.29, 0.717) is 0 Å². The van der Waals surface area contributed by atoms with Gasteiger partial charge in [0.05, 0.1) is 12.8 Å². The quantitative estimate of drug-likeness (QED) is 0.695. The van der Waals surface area contributed by atoms with E-state index in [1.165, 1.54) is 0 Å². The number of carbonyl (C=O) groups is 2. The molecule has 0 atom stereocenters. The van der Waals surface area contributed by atoms with Crippen LogP contribution >= 0.6 is 0 Å². The van der Waals surface area contributed by atoms with Crippen molar-refractivity contribution in [2.75, 3.05) is 0 Å². The summed E-state index contributed by atoms with van der Waals surface area (Å²) < 4.78 is 0. The van der Waals surface area contributed by atoms with Crippen LogP contribution in [0, 0.1) is 0 Å². The zero-order valence-corrected chi connectivity index (χ0v) is 4.13. The van der Waals surface area contributed by atoms with Crippen molar-refractivity contribution in [2.45, 2.75) is 12.8 Å². The topological polar surface area (TPSA) is 74.6 Å². The van der Waals surface area contributed by atoms with Gasteiger partial charge < -0.3 is 10.2 Å². The summed E-state index contributed by atoms with van der Waals surface area (Å²) >= 11 is 0. The Balaban J connectivity index is 0. The number of carboxylic acids is 2. The molecule has 0 heterocycles. The Labute approximate surface area is 111 Å². The molecular weight excluding hydrogens is 245 g/mol. The molecule has 0 aliphatic heterocycles. The molecule has 48 valence electrons. The van der Waals surface area contributed by atoms with Crippen molar-refractivity contribution in [1.29, 1.82) is 0 Å². The summed E-state index contributed by atoms with van der Waals surface area (Å²) in [5.74, 6) is -2.15. The minimum absolute atomic E-state index is 0. The first kappa shape index (κ1) is 12.6. The van der Waals surface area contributed by atoms with E-state index < -0.39 is 11.9 Å². The molecule has 0 aliphatic rings. The first-order valence-electron chi connectivity index (χ1n) is 2.06. The first-order valence-corrected chi connectivity index (χ1v) is 2.06. The summed E-state index contributed by atoms with van der Waals surface area (Å²) in [4.78, 5) is 19.3. The van der Waals surface area contributed by atoms with Gasteiger partial charge in [-0.15, -0.1) is 0 Å². The number of carboxylic acid groups (broad SMARTS) is 2. The summed E-state index contributed by atoms with van der Waals surface area (Å²) in [5, 5.41) is 15.8. The second-order valence-electron chi connectivity index (χ2n) is 1.29. The summed E-state index contributed by atoms with van der Waals surface area (Å²) in [6.07, 6.45) is -0.593. The van der Waals surface area contributed by atoms with Gasteiger partial charge in [-0.1, -0.05) is 0 Å². The number of rotatable bonds is 3. The molecule has 0 aromatic carbocycles. The third kappa shape index (κ3) is 12.2. The number of aliphatic carboxylic acids is 2. The van der Waals surface area contributed by atoms with E-state index in [-0.39, 0.29) is 81.7 Å².